The van der Waals surface area contributed by atoms with Crippen LogP contribution in [0.5, 0.6) is 11.5 Å². The van der Waals surface area contributed by atoms with Gasteiger partial charge in [0.15, 0.2) is 13.2 Å². The first-order valence-corrected chi connectivity index (χ1v) is 27.3. The van der Waals surface area contributed by atoms with E-state index in [1.165, 1.54) is 8.61 Å². The molecule has 72 heavy (non-hydrogen) atoms. The Labute approximate surface area is 425 Å². The molecule has 6 aromatic carbocycles. The third-order valence-electron chi connectivity index (χ3n) is 13.2. The summed E-state index contributed by atoms with van der Waals surface area (Å²) in [6.45, 7) is 8.87. The molecule has 14 heteroatoms. The number of carbonyl (C=O) groups excluding carboxylic acids is 1. The maximum atomic E-state index is 13.9. The van der Waals surface area contributed by atoms with Gasteiger partial charge in [0.2, 0.25) is 20.0 Å². The highest BCUT2D eigenvalue weighted by atomic mass is 32.2. The lowest BCUT2D eigenvalue weighted by atomic mass is 9.98. The summed E-state index contributed by atoms with van der Waals surface area (Å²) in [4.78, 5) is 23.8. The number of esters is 1. The number of carbonyl (C=O) groups is 2. The molecule has 0 spiro atoms. The van der Waals surface area contributed by atoms with Crippen molar-refractivity contribution in [1.82, 2.24) is 8.61 Å². The van der Waals surface area contributed by atoms with Gasteiger partial charge in [-0.3, -0.25) is 0 Å². The minimum atomic E-state index is -3.78. The van der Waals surface area contributed by atoms with Crippen molar-refractivity contribution in [1.29, 1.82) is 0 Å². The number of aryl methyl sites for hydroxylation is 2. The number of benzene rings is 6. The van der Waals surface area contributed by atoms with Gasteiger partial charge in [-0.1, -0.05) is 121 Å². The van der Waals surface area contributed by atoms with Crippen LogP contribution in [0.1, 0.15) is 105 Å². The molecule has 8 rings (SSSR count). The van der Waals surface area contributed by atoms with Crippen LogP contribution in [0, 0.1) is 13.8 Å². The summed E-state index contributed by atoms with van der Waals surface area (Å²) in [6, 6.07) is 40.7. The number of nitrogens with zero attached hydrogens (tertiary/aromatic N) is 2. The van der Waals surface area contributed by atoms with Gasteiger partial charge < -0.3 is 19.3 Å². The highest BCUT2D eigenvalue weighted by molar-refractivity contribution is 7.89. The number of carboxylic acids is 1. The lowest BCUT2D eigenvalue weighted by molar-refractivity contribution is -0.157. The first-order chi connectivity index (χ1) is 34.2. The van der Waals surface area contributed by atoms with Crippen LogP contribution < -0.4 is 9.47 Å². The van der Waals surface area contributed by atoms with E-state index in [4.69, 9.17) is 19.3 Å². The summed E-state index contributed by atoms with van der Waals surface area (Å²) in [5, 5.41) is 9.01. The Hall–Kier alpha value is -6.32. The third-order valence-corrected chi connectivity index (χ3v) is 16.9. The lowest BCUT2D eigenvalue weighted by Gasteiger charge is -2.29. The smallest absolute Gasteiger partial charge is 0.344 e. The summed E-state index contributed by atoms with van der Waals surface area (Å²) >= 11 is 0. The van der Waals surface area contributed by atoms with Crippen molar-refractivity contribution in [3.8, 4) is 33.8 Å². The number of hydrogen-bond donors (Lipinski definition) is 1. The van der Waals surface area contributed by atoms with Gasteiger partial charge >= 0.3 is 11.9 Å². The van der Waals surface area contributed by atoms with E-state index in [-0.39, 0.29) is 28.5 Å². The predicted molar refractivity (Wildman–Crippen MR) is 281 cm³/mol. The second-order valence-electron chi connectivity index (χ2n) is 19.6. The Balaban J connectivity index is 0.000000213. The number of sulfonamides is 2. The molecule has 2 unspecified atom stereocenters. The van der Waals surface area contributed by atoms with Crippen molar-refractivity contribution in [2.24, 2.45) is 0 Å². The molecular formula is C58H66N2O10S2. The van der Waals surface area contributed by atoms with Crippen LogP contribution in [-0.4, -0.2) is 75.4 Å². The Morgan fingerprint density at radius 1 is 0.556 bits per heavy atom. The lowest BCUT2D eigenvalue weighted by Crippen LogP contribution is -2.31. The molecule has 12 nitrogen and oxygen atoms in total. The molecule has 2 aliphatic rings. The molecule has 2 atom stereocenters. The molecule has 0 fully saturated rings. The van der Waals surface area contributed by atoms with Crippen LogP contribution in [0.25, 0.3) is 22.3 Å². The number of carboxylic acid groups (broad SMARTS) is 1. The van der Waals surface area contributed by atoms with Crippen LogP contribution in [-0.2, 0) is 47.2 Å². The number of ether oxygens (including phenoxy) is 3. The van der Waals surface area contributed by atoms with E-state index in [0.717, 1.165) is 94.2 Å². The maximum Gasteiger partial charge on any atom is 0.344 e. The fourth-order valence-electron chi connectivity index (χ4n) is 9.42. The molecule has 0 saturated carbocycles. The molecule has 1 N–H and O–H groups in total. The topological polar surface area (TPSA) is 157 Å². The van der Waals surface area contributed by atoms with Gasteiger partial charge in [-0.15, -0.1) is 0 Å². The average Bonchev–Trinajstić information content (AvgIpc) is 3.72. The summed E-state index contributed by atoms with van der Waals surface area (Å²) in [6.07, 6.45) is 6.40. The molecule has 2 aliphatic carbocycles. The van der Waals surface area contributed by atoms with Gasteiger partial charge in [-0.2, -0.15) is 8.61 Å². The second kappa shape index (κ2) is 23.0. The third kappa shape index (κ3) is 13.0. The van der Waals surface area contributed by atoms with Crippen LogP contribution in [0.4, 0.5) is 0 Å². The Kier molecular flexibility index (Phi) is 17.1. The van der Waals surface area contributed by atoms with Gasteiger partial charge in [0.25, 0.3) is 0 Å². The highest BCUT2D eigenvalue weighted by Gasteiger charge is 2.34. The molecule has 6 aromatic rings. The first-order valence-electron chi connectivity index (χ1n) is 24.5. The van der Waals surface area contributed by atoms with E-state index in [0.29, 0.717) is 24.3 Å². The molecule has 0 bridgehead atoms. The predicted octanol–water partition coefficient (Wildman–Crippen LogP) is 11.7. The molecular weight excluding hydrogens is 949 g/mol. The summed E-state index contributed by atoms with van der Waals surface area (Å²) in [5.41, 5.74) is 8.99. The Morgan fingerprint density at radius 3 is 1.36 bits per heavy atom. The number of hydrogen-bond acceptors (Lipinski definition) is 9. The van der Waals surface area contributed by atoms with Crippen molar-refractivity contribution in [2.45, 2.75) is 113 Å². The van der Waals surface area contributed by atoms with E-state index < -0.39 is 44.2 Å². The van der Waals surface area contributed by atoms with Crippen molar-refractivity contribution in [3.05, 3.63) is 167 Å². The van der Waals surface area contributed by atoms with Gasteiger partial charge in [0, 0.05) is 14.1 Å². The Morgan fingerprint density at radius 2 is 0.958 bits per heavy atom. The van der Waals surface area contributed by atoms with Gasteiger partial charge in [0.1, 0.15) is 17.1 Å². The SMILES string of the molecule is Cc1ccc(-c2cccc(S(=O)(=O)N(C)C3CCCCc4c(OCC(=O)O)cccc43)c2)cc1.Cc1ccc(-c2cccc(S(=O)(=O)N(C)C3CCCCc4c(OCC(=O)OC(C)(C)C)cccc43)c2)cc1. The highest BCUT2D eigenvalue weighted by Crippen LogP contribution is 2.41. The number of rotatable bonds is 14. The zero-order valence-electron chi connectivity index (χ0n) is 42.3. The minimum absolute atomic E-state index is 0.196. The monoisotopic (exact) mass is 1010 g/mol. The van der Waals surface area contributed by atoms with Crippen LogP contribution in [0.2, 0.25) is 0 Å². The standard InChI is InChI=1S/C31H37NO5S.C27H29NO5S/c1-22-16-18-23(19-17-22)24-10-8-11-25(20-24)38(34,35)32(5)28-14-7-6-12-27-26(28)13-9-15-29(27)36-21-30(33)37-31(2,3)4;1-19-13-15-20(16-14-19)21-7-5-8-22(17-21)34(31,32)28(2)25-11-4-3-9-24-23(25)10-6-12-26(24)33-18-27(29)30/h8-11,13,15-20,28H,6-7,12,14,21H2,1-5H3;5-8,10,12-17,25H,3-4,9,11,18H2,1-2H3,(H,29,30). The van der Waals surface area contributed by atoms with E-state index in [1.807, 2.05) is 120 Å². The van der Waals surface area contributed by atoms with Crippen LogP contribution >= 0.6 is 0 Å². The summed E-state index contributed by atoms with van der Waals surface area (Å²) < 4.78 is 74.9. The zero-order valence-corrected chi connectivity index (χ0v) is 43.9. The first kappa shape index (κ1) is 53.5. The fraction of sp³-hybridized carbons (Fsp3) is 0.345. The molecule has 0 saturated heterocycles. The van der Waals surface area contributed by atoms with Crippen molar-refractivity contribution in [3.63, 3.8) is 0 Å². The van der Waals surface area contributed by atoms with Crippen LogP contribution in [0.3, 0.4) is 0 Å². The molecule has 380 valence electrons. The maximum absolute atomic E-state index is 13.9. The minimum Gasteiger partial charge on any atom is -0.482 e. The average molecular weight is 1020 g/mol. The summed E-state index contributed by atoms with van der Waals surface area (Å²) in [5.74, 6) is -0.365. The zero-order chi connectivity index (χ0) is 51.8. The summed E-state index contributed by atoms with van der Waals surface area (Å²) in [7, 11) is -4.27. The molecule has 0 aliphatic heterocycles. The van der Waals surface area contributed by atoms with Crippen molar-refractivity contribution >= 4 is 32.0 Å². The van der Waals surface area contributed by atoms with E-state index in [1.54, 1.807) is 62.6 Å². The van der Waals surface area contributed by atoms with E-state index in [9.17, 15) is 26.4 Å². The van der Waals surface area contributed by atoms with Gasteiger partial charge in [-0.25, -0.2) is 26.4 Å². The molecule has 0 radical (unpaired) electrons. The van der Waals surface area contributed by atoms with Gasteiger partial charge in [0.05, 0.1) is 21.9 Å². The van der Waals surface area contributed by atoms with E-state index >= 15 is 0 Å². The van der Waals surface area contributed by atoms with E-state index in [2.05, 4.69) is 0 Å². The number of fused-ring (bicyclic) bond motifs is 2. The molecule has 0 amide bonds. The molecule has 0 aromatic heterocycles. The normalized spacial score (nSPS) is 16.0. The van der Waals surface area contributed by atoms with Crippen LogP contribution in [0.15, 0.2) is 143 Å². The fourth-order valence-corrected chi connectivity index (χ4v) is 12.2. The Bertz CT molecular complexity index is 3090. The largest absolute Gasteiger partial charge is 0.482 e. The molecule has 0 heterocycles. The van der Waals surface area contributed by atoms with Gasteiger partial charge in [-0.05, 0) is 154 Å². The quantitative estimate of drug-likeness (QED) is 0.0823. The van der Waals surface area contributed by atoms with Crippen molar-refractivity contribution < 1.29 is 45.7 Å². The second-order valence-corrected chi connectivity index (χ2v) is 23.6. The van der Waals surface area contributed by atoms with Crippen molar-refractivity contribution in [2.75, 3.05) is 27.3 Å². The number of aliphatic carboxylic acids is 1.